The molecule has 1 aromatic heterocycles. The van der Waals surface area contributed by atoms with E-state index >= 15 is 0 Å². The number of H-pyrrole nitrogens is 1. The van der Waals surface area contributed by atoms with Gasteiger partial charge in [-0.1, -0.05) is 36.4 Å². The molecule has 0 aliphatic heterocycles. The molecule has 1 heterocycles. The van der Waals surface area contributed by atoms with Crippen LogP contribution in [-0.2, 0) is 14.8 Å². The van der Waals surface area contributed by atoms with Crippen LogP contribution in [0.1, 0.15) is 16.2 Å². The number of aliphatic hydroxyl groups excluding tert-OH is 1. The zero-order chi connectivity index (χ0) is 25.0. The Bertz CT molecular complexity index is 1540. The fourth-order valence-corrected chi connectivity index (χ4v) is 4.58. The van der Waals surface area contributed by atoms with E-state index in [2.05, 4.69) is 9.97 Å². The maximum absolute atomic E-state index is 13.0. The molecule has 0 saturated carbocycles. The summed E-state index contributed by atoms with van der Waals surface area (Å²) in [7, 11) is -2.52. The number of imidazole rings is 1. The molecule has 176 valence electrons. The van der Waals surface area contributed by atoms with E-state index in [0.717, 1.165) is 4.31 Å². The number of aliphatic hydroxyl groups is 1. The van der Waals surface area contributed by atoms with Crippen LogP contribution < -0.4 is 4.31 Å². The Morgan fingerprint density at radius 3 is 2.51 bits per heavy atom. The van der Waals surface area contributed by atoms with Crippen molar-refractivity contribution >= 4 is 38.3 Å². The molecular formula is C25H20N4O5S. The lowest BCUT2D eigenvalue weighted by Gasteiger charge is -2.19. The van der Waals surface area contributed by atoms with Crippen molar-refractivity contribution in [3.63, 3.8) is 0 Å². The predicted molar refractivity (Wildman–Crippen MR) is 130 cm³/mol. The van der Waals surface area contributed by atoms with E-state index in [0.29, 0.717) is 16.7 Å². The smallest absolute Gasteiger partial charge is 0.338 e. The lowest BCUT2D eigenvalue weighted by atomic mass is 10.2. The Kier molecular flexibility index (Phi) is 6.53. The Morgan fingerprint density at radius 1 is 1.09 bits per heavy atom. The second-order valence-corrected chi connectivity index (χ2v) is 9.42. The van der Waals surface area contributed by atoms with E-state index in [1.807, 2.05) is 6.07 Å². The second-order valence-electron chi connectivity index (χ2n) is 7.45. The fourth-order valence-electron chi connectivity index (χ4n) is 3.33. The van der Waals surface area contributed by atoms with Gasteiger partial charge in [0.05, 0.1) is 27.2 Å². The van der Waals surface area contributed by atoms with Crippen molar-refractivity contribution in [2.24, 2.45) is 0 Å². The van der Waals surface area contributed by atoms with Gasteiger partial charge in [0.2, 0.25) is 0 Å². The van der Waals surface area contributed by atoms with Gasteiger partial charge in [-0.3, -0.25) is 4.31 Å². The van der Waals surface area contributed by atoms with Gasteiger partial charge in [0, 0.05) is 7.05 Å². The summed E-state index contributed by atoms with van der Waals surface area (Å²) in [5.41, 5.74) is 1.56. The van der Waals surface area contributed by atoms with Gasteiger partial charge in [0.25, 0.3) is 10.0 Å². The Labute approximate surface area is 201 Å². The number of sulfonamides is 1. The number of carbonyl (C=O) groups is 1. The average Bonchev–Trinajstić information content (AvgIpc) is 3.31. The summed E-state index contributed by atoms with van der Waals surface area (Å²) in [6, 6.07) is 22.9. The minimum absolute atomic E-state index is 0.0254. The number of ether oxygens (including phenoxy) is 1. The van der Waals surface area contributed by atoms with Crippen LogP contribution >= 0.6 is 0 Å². The average molecular weight is 489 g/mol. The first kappa shape index (κ1) is 23.5. The van der Waals surface area contributed by atoms with Gasteiger partial charge in [-0.05, 0) is 42.5 Å². The second kappa shape index (κ2) is 9.70. The third-order valence-corrected chi connectivity index (χ3v) is 7.00. The summed E-state index contributed by atoms with van der Waals surface area (Å²) < 4.78 is 32.3. The van der Waals surface area contributed by atoms with Crippen LogP contribution in [0, 0.1) is 11.3 Å². The lowest BCUT2D eigenvalue weighted by molar-refractivity contribution is 0.0502. The molecule has 2 N–H and O–H groups in total. The van der Waals surface area contributed by atoms with Gasteiger partial charge < -0.3 is 14.8 Å². The van der Waals surface area contributed by atoms with Crippen molar-refractivity contribution in [3.05, 3.63) is 96.0 Å². The van der Waals surface area contributed by atoms with Crippen molar-refractivity contribution < 1.29 is 23.1 Å². The lowest BCUT2D eigenvalue weighted by Crippen LogP contribution is -2.26. The standard InChI is InChI=1S/C25H20N4O5S/c1-29(18-9-3-2-4-10-18)35(32,33)19-11-7-8-17(14-19)25(31)34-16-23(30)20(15-26)24-27-21-12-5-6-13-22(21)28-24/h2-14,30H,16H2,1H3,(H,27,28). The number of aromatic nitrogens is 2. The van der Waals surface area contributed by atoms with Crippen LogP contribution in [-0.4, -0.2) is 43.1 Å². The summed E-state index contributed by atoms with van der Waals surface area (Å²) in [4.78, 5) is 19.7. The van der Waals surface area contributed by atoms with Crippen LogP contribution in [0.25, 0.3) is 16.6 Å². The number of esters is 1. The summed E-state index contributed by atoms with van der Waals surface area (Å²) >= 11 is 0. The normalized spacial score (nSPS) is 12.0. The number of rotatable bonds is 7. The quantitative estimate of drug-likeness (QED) is 0.228. The number of aromatic amines is 1. The number of nitrogens with one attached hydrogen (secondary N) is 1. The molecule has 0 atom stereocenters. The summed E-state index contributed by atoms with van der Waals surface area (Å²) in [6.07, 6.45) is 0. The number of para-hydroxylation sites is 3. The van der Waals surface area contributed by atoms with Crippen LogP contribution in [0.5, 0.6) is 0 Å². The number of allylic oxidation sites excluding steroid dienone is 1. The number of hydrogen-bond acceptors (Lipinski definition) is 7. The Morgan fingerprint density at radius 2 is 1.80 bits per heavy atom. The number of hydrogen-bond donors (Lipinski definition) is 2. The molecule has 0 amide bonds. The predicted octanol–water partition coefficient (Wildman–Crippen LogP) is 4.04. The summed E-state index contributed by atoms with van der Waals surface area (Å²) in [5.74, 6) is -1.22. The van der Waals surface area contributed by atoms with Gasteiger partial charge >= 0.3 is 5.97 Å². The van der Waals surface area contributed by atoms with Crippen LogP contribution in [0.15, 0.2) is 89.5 Å². The maximum atomic E-state index is 13.0. The van der Waals surface area contributed by atoms with Crippen molar-refractivity contribution in [1.82, 2.24) is 9.97 Å². The Hall–Kier alpha value is -4.62. The van der Waals surface area contributed by atoms with E-state index in [4.69, 9.17) is 4.74 Å². The van der Waals surface area contributed by atoms with Crippen LogP contribution in [0.2, 0.25) is 0 Å². The molecule has 4 aromatic rings. The molecular weight excluding hydrogens is 468 g/mol. The zero-order valence-corrected chi connectivity index (χ0v) is 19.4. The first-order valence-electron chi connectivity index (χ1n) is 10.4. The number of anilines is 1. The SMILES string of the molecule is CN(c1ccccc1)S(=O)(=O)c1cccc(C(=O)OCC(O)=C(C#N)c2nc3ccccc3[nH]2)c1. The molecule has 0 bridgehead atoms. The largest absolute Gasteiger partial charge is 0.507 e. The van der Waals surface area contributed by atoms with Crippen molar-refractivity contribution in [2.45, 2.75) is 4.90 Å². The minimum atomic E-state index is -3.93. The molecule has 4 rings (SSSR count). The number of benzene rings is 3. The van der Waals surface area contributed by atoms with E-state index in [9.17, 15) is 23.6 Å². The van der Waals surface area contributed by atoms with Crippen LogP contribution in [0.4, 0.5) is 5.69 Å². The van der Waals surface area contributed by atoms with Gasteiger partial charge in [-0.15, -0.1) is 0 Å². The highest BCUT2D eigenvalue weighted by Gasteiger charge is 2.23. The molecule has 0 fully saturated rings. The highest BCUT2D eigenvalue weighted by Crippen LogP contribution is 2.23. The van der Waals surface area contributed by atoms with E-state index in [1.165, 1.54) is 31.3 Å². The number of carbonyl (C=O) groups excluding carboxylic acids is 1. The van der Waals surface area contributed by atoms with Gasteiger partial charge in [-0.2, -0.15) is 5.26 Å². The molecule has 0 aliphatic carbocycles. The molecule has 0 unspecified atom stereocenters. The van der Waals surface area contributed by atoms with Gasteiger partial charge in [-0.25, -0.2) is 18.2 Å². The molecule has 35 heavy (non-hydrogen) atoms. The van der Waals surface area contributed by atoms with Crippen LogP contribution in [0.3, 0.4) is 0 Å². The molecule has 9 nitrogen and oxygen atoms in total. The monoisotopic (exact) mass is 488 g/mol. The molecule has 0 radical (unpaired) electrons. The topological polar surface area (TPSA) is 136 Å². The zero-order valence-electron chi connectivity index (χ0n) is 18.5. The van der Waals surface area contributed by atoms with Gasteiger partial charge in [0.1, 0.15) is 18.2 Å². The molecule has 0 aliphatic rings. The van der Waals surface area contributed by atoms with E-state index in [-0.39, 0.29) is 21.9 Å². The minimum Gasteiger partial charge on any atom is -0.507 e. The third-order valence-electron chi connectivity index (χ3n) is 5.21. The third kappa shape index (κ3) is 4.85. The van der Waals surface area contributed by atoms with E-state index in [1.54, 1.807) is 54.6 Å². The van der Waals surface area contributed by atoms with Crippen molar-refractivity contribution in [2.75, 3.05) is 18.0 Å². The summed E-state index contributed by atoms with van der Waals surface area (Å²) in [5, 5.41) is 19.9. The van der Waals surface area contributed by atoms with Crippen molar-refractivity contribution in [1.29, 1.82) is 5.26 Å². The molecule has 0 spiro atoms. The molecule has 10 heteroatoms. The summed E-state index contributed by atoms with van der Waals surface area (Å²) in [6.45, 7) is -0.598. The Balaban J connectivity index is 1.52. The first-order valence-corrected chi connectivity index (χ1v) is 11.8. The molecule has 3 aromatic carbocycles. The first-order chi connectivity index (χ1) is 16.8. The maximum Gasteiger partial charge on any atom is 0.338 e. The van der Waals surface area contributed by atoms with E-state index < -0.39 is 28.4 Å². The number of fused-ring (bicyclic) bond motifs is 1. The van der Waals surface area contributed by atoms with Gasteiger partial charge in [0.15, 0.2) is 11.6 Å². The number of nitriles is 1. The number of nitrogens with zero attached hydrogens (tertiary/aromatic N) is 3. The fraction of sp³-hybridized carbons (Fsp3) is 0.0800. The van der Waals surface area contributed by atoms with Crippen molar-refractivity contribution in [3.8, 4) is 6.07 Å². The molecule has 0 saturated heterocycles. The highest BCUT2D eigenvalue weighted by molar-refractivity contribution is 7.92. The highest BCUT2D eigenvalue weighted by atomic mass is 32.2.